The summed E-state index contributed by atoms with van der Waals surface area (Å²) in [6.45, 7) is 0.509. The highest BCUT2D eigenvalue weighted by atomic mass is 19.1. The first-order chi connectivity index (χ1) is 11.5. The first kappa shape index (κ1) is 16.0. The second-order valence-electron chi connectivity index (χ2n) is 5.67. The van der Waals surface area contributed by atoms with E-state index in [2.05, 4.69) is 5.32 Å². The molecule has 24 heavy (non-hydrogen) atoms. The van der Waals surface area contributed by atoms with Crippen LogP contribution in [-0.4, -0.2) is 23.5 Å². The fraction of sp³-hybridized carbons (Fsp3) is 0.222. The lowest BCUT2D eigenvalue weighted by Crippen LogP contribution is -2.24. The van der Waals surface area contributed by atoms with E-state index in [1.165, 1.54) is 23.1 Å². The highest BCUT2D eigenvalue weighted by Gasteiger charge is 2.24. The third kappa shape index (κ3) is 3.37. The maximum absolute atomic E-state index is 14.2. The Morgan fingerprint density at radius 2 is 2.04 bits per heavy atom. The molecular weight excluding hydrogens is 311 g/mol. The van der Waals surface area contributed by atoms with E-state index >= 15 is 0 Å². The van der Waals surface area contributed by atoms with Crippen LogP contribution in [0.3, 0.4) is 0 Å². The van der Waals surface area contributed by atoms with Gasteiger partial charge in [-0.1, -0.05) is 18.2 Å². The number of hydrogen-bond acceptors (Lipinski definition) is 3. The Morgan fingerprint density at radius 3 is 2.71 bits per heavy atom. The van der Waals surface area contributed by atoms with Crippen LogP contribution in [0.1, 0.15) is 18.4 Å². The van der Waals surface area contributed by atoms with Crippen molar-refractivity contribution < 1.29 is 19.1 Å². The summed E-state index contributed by atoms with van der Waals surface area (Å²) in [7, 11) is 0. The Morgan fingerprint density at radius 1 is 1.25 bits per heavy atom. The number of nitrogens with zero attached hydrogens (tertiary/aromatic N) is 1. The van der Waals surface area contributed by atoms with Gasteiger partial charge in [-0.2, -0.15) is 0 Å². The van der Waals surface area contributed by atoms with Crippen molar-refractivity contribution in [1.29, 1.82) is 0 Å². The molecule has 1 saturated heterocycles. The number of anilines is 2. The molecule has 0 spiro atoms. The highest BCUT2D eigenvalue weighted by Crippen LogP contribution is 2.27. The largest absolute Gasteiger partial charge is 0.508 e. The van der Waals surface area contributed by atoms with Gasteiger partial charge < -0.3 is 15.3 Å². The molecule has 5 nitrogen and oxygen atoms in total. The van der Waals surface area contributed by atoms with Crippen LogP contribution < -0.4 is 10.2 Å². The molecule has 0 aliphatic carbocycles. The Labute approximate surface area is 138 Å². The van der Waals surface area contributed by atoms with Gasteiger partial charge in [0, 0.05) is 24.2 Å². The second-order valence-corrected chi connectivity index (χ2v) is 5.67. The normalized spacial score (nSPS) is 14.0. The number of phenolic OH excluding ortho intramolecular Hbond substituents is 1. The first-order valence-corrected chi connectivity index (χ1v) is 7.71. The molecule has 124 valence electrons. The molecular formula is C18H17FN2O3. The standard InChI is InChI=1S/C18H17FN2O3/c19-14-11-13(7-8-15(14)21-9-3-6-18(21)24)20-17(23)10-12-4-1-2-5-16(12)22/h1-2,4-5,7-8,11,22H,3,6,9-10H2,(H,20,23). The summed E-state index contributed by atoms with van der Waals surface area (Å²) in [5, 5.41) is 12.3. The van der Waals surface area contributed by atoms with Crippen molar-refractivity contribution in [2.45, 2.75) is 19.3 Å². The third-order valence-electron chi connectivity index (χ3n) is 3.94. The van der Waals surface area contributed by atoms with Crippen LogP contribution in [0, 0.1) is 5.82 Å². The minimum Gasteiger partial charge on any atom is -0.508 e. The second kappa shape index (κ2) is 6.70. The summed E-state index contributed by atoms with van der Waals surface area (Å²) >= 11 is 0. The molecule has 2 amide bonds. The van der Waals surface area contributed by atoms with Crippen molar-refractivity contribution in [3.8, 4) is 5.75 Å². The Kier molecular flexibility index (Phi) is 4.46. The smallest absolute Gasteiger partial charge is 0.228 e. The van der Waals surface area contributed by atoms with E-state index in [0.717, 1.165) is 6.42 Å². The van der Waals surface area contributed by atoms with Gasteiger partial charge in [-0.25, -0.2) is 4.39 Å². The van der Waals surface area contributed by atoms with Gasteiger partial charge in [0.2, 0.25) is 11.8 Å². The van der Waals surface area contributed by atoms with Crippen LogP contribution in [0.2, 0.25) is 0 Å². The van der Waals surface area contributed by atoms with E-state index in [4.69, 9.17) is 0 Å². The van der Waals surface area contributed by atoms with Crippen molar-refractivity contribution in [3.63, 3.8) is 0 Å². The van der Waals surface area contributed by atoms with Crippen LogP contribution in [-0.2, 0) is 16.0 Å². The molecule has 0 saturated carbocycles. The zero-order valence-electron chi connectivity index (χ0n) is 13.0. The average Bonchev–Trinajstić information content (AvgIpc) is 2.96. The van der Waals surface area contributed by atoms with Gasteiger partial charge >= 0.3 is 0 Å². The number of phenols is 1. The van der Waals surface area contributed by atoms with Crippen molar-refractivity contribution >= 4 is 23.2 Å². The van der Waals surface area contributed by atoms with Crippen molar-refractivity contribution in [1.82, 2.24) is 0 Å². The topological polar surface area (TPSA) is 69.6 Å². The quantitative estimate of drug-likeness (QED) is 0.907. The SMILES string of the molecule is O=C(Cc1ccccc1O)Nc1ccc(N2CCCC2=O)c(F)c1. The minimum absolute atomic E-state index is 0.0132. The predicted octanol–water partition coefficient (Wildman–Crippen LogP) is 2.84. The summed E-state index contributed by atoms with van der Waals surface area (Å²) < 4.78 is 14.2. The van der Waals surface area contributed by atoms with E-state index in [9.17, 15) is 19.1 Å². The van der Waals surface area contributed by atoms with E-state index in [1.807, 2.05) is 0 Å². The molecule has 0 unspecified atom stereocenters. The van der Waals surface area contributed by atoms with Crippen LogP contribution in [0.25, 0.3) is 0 Å². The highest BCUT2D eigenvalue weighted by molar-refractivity contribution is 5.96. The summed E-state index contributed by atoms with van der Waals surface area (Å²) in [5.74, 6) is -0.960. The van der Waals surface area contributed by atoms with Gasteiger partial charge in [0.05, 0.1) is 12.1 Å². The van der Waals surface area contributed by atoms with E-state index < -0.39 is 5.82 Å². The molecule has 1 aliphatic rings. The molecule has 2 aromatic rings. The summed E-state index contributed by atoms with van der Waals surface area (Å²) in [6, 6.07) is 10.8. The maximum Gasteiger partial charge on any atom is 0.228 e. The monoisotopic (exact) mass is 328 g/mol. The van der Waals surface area contributed by atoms with Gasteiger partial charge in [0.1, 0.15) is 11.6 Å². The molecule has 1 aliphatic heterocycles. The lowest BCUT2D eigenvalue weighted by atomic mass is 10.1. The summed E-state index contributed by atoms with van der Waals surface area (Å²) in [4.78, 5) is 25.1. The number of amides is 2. The minimum atomic E-state index is -0.550. The Hall–Kier alpha value is -2.89. The summed E-state index contributed by atoms with van der Waals surface area (Å²) in [6.07, 6.45) is 1.14. The fourth-order valence-electron chi connectivity index (χ4n) is 2.74. The van der Waals surface area contributed by atoms with Crippen LogP contribution in [0.5, 0.6) is 5.75 Å². The summed E-state index contributed by atoms with van der Waals surface area (Å²) in [5.41, 5.74) is 1.04. The fourth-order valence-corrected chi connectivity index (χ4v) is 2.74. The van der Waals surface area contributed by atoms with Gasteiger partial charge in [0.15, 0.2) is 0 Å². The van der Waals surface area contributed by atoms with Gasteiger partial charge in [-0.05, 0) is 30.7 Å². The number of halogens is 1. The molecule has 0 atom stereocenters. The van der Waals surface area contributed by atoms with Gasteiger partial charge in [-0.15, -0.1) is 0 Å². The zero-order chi connectivity index (χ0) is 17.1. The number of hydrogen-bond donors (Lipinski definition) is 2. The zero-order valence-corrected chi connectivity index (χ0v) is 13.0. The number of benzene rings is 2. The molecule has 1 fully saturated rings. The Balaban J connectivity index is 1.69. The number of rotatable bonds is 4. The molecule has 3 rings (SSSR count). The molecule has 0 bridgehead atoms. The average molecular weight is 328 g/mol. The molecule has 0 radical (unpaired) electrons. The van der Waals surface area contributed by atoms with Crippen LogP contribution >= 0.6 is 0 Å². The lowest BCUT2D eigenvalue weighted by Gasteiger charge is -2.17. The molecule has 2 aromatic carbocycles. The van der Waals surface area contributed by atoms with Crippen molar-refractivity contribution in [2.24, 2.45) is 0 Å². The van der Waals surface area contributed by atoms with Crippen LogP contribution in [0.4, 0.5) is 15.8 Å². The van der Waals surface area contributed by atoms with Crippen molar-refractivity contribution in [3.05, 3.63) is 53.8 Å². The third-order valence-corrected chi connectivity index (χ3v) is 3.94. The number of nitrogens with one attached hydrogen (secondary N) is 1. The van der Waals surface area contributed by atoms with Gasteiger partial charge in [0.25, 0.3) is 0 Å². The van der Waals surface area contributed by atoms with E-state index in [0.29, 0.717) is 24.2 Å². The van der Waals surface area contributed by atoms with Crippen molar-refractivity contribution in [2.75, 3.05) is 16.8 Å². The predicted molar refractivity (Wildman–Crippen MR) is 88.4 cm³/mol. The lowest BCUT2D eigenvalue weighted by molar-refractivity contribution is -0.117. The molecule has 2 N–H and O–H groups in total. The number of carbonyl (C=O) groups excluding carboxylic acids is 2. The maximum atomic E-state index is 14.2. The number of carbonyl (C=O) groups is 2. The number of para-hydroxylation sites is 1. The van der Waals surface area contributed by atoms with E-state index in [-0.39, 0.29) is 29.7 Å². The molecule has 1 heterocycles. The Bertz CT molecular complexity index is 792. The first-order valence-electron chi connectivity index (χ1n) is 7.71. The molecule has 6 heteroatoms. The van der Waals surface area contributed by atoms with E-state index in [1.54, 1.807) is 24.3 Å². The van der Waals surface area contributed by atoms with Crippen LogP contribution in [0.15, 0.2) is 42.5 Å². The molecule has 0 aromatic heterocycles. The van der Waals surface area contributed by atoms with Gasteiger partial charge in [-0.3, -0.25) is 9.59 Å². The number of aromatic hydroxyl groups is 1.